The van der Waals surface area contributed by atoms with Crippen LogP contribution < -0.4 is 5.73 Å². The van der Waals surface area contributed by atoms with Crippen LogP contribution in [0.15, 0.2) is 6.07 Å². The number of nitrogens with two attached hydrogens (primary N) is 1. The van der Waals surface area contributed by atoms with E-state index in [1.807, 2.05) is 24.8 Å². The van der Waals surface area contributed by atoms with Crippen LogP contribution >= 0.6 is 11.3 Å². The molecule has 1 rings (SSSR count). The summed E-state index contributed by atoms with van der Waals surface area (Å²) in [5, 5.41) is 0. The van der Waals surface area contributed by atoms with Crippen molar-refractivity contribution in [1.82, 2.24) is 4.90 Å². The van der Waals surface area contributed by atoms with Crippen molar-refractivity contribution in [3.63, 3.8) is 0 Å². The quantitative estimate of drug-likeness (QED) is 0.860. The smallest absolute Gasteiger partial charge is 0.263 e. The van der Waals surface area contributed by atoms with Gasteiger partial charge in [-0.15, -0.1) is 11.3 Å². The molecule has 1 amide bonds. The zero-order valence-electron chi connectivity index (χ0n) is 12.1. The summed E-state index contributed by atoms with van der Waals surface area (Å²) in [6.45, 7) is 10.1. The molecule has 2 N–H and O–H groups in total. The van der Waals surface area contributed by atoms with Crippen LogP contribution in [-0.4, -0.2) is 30.4 Å². The Labute approximate surface area is 119 Å². The number of amides is 1. The molecule has 0 saturated heterocycles. The van der Waals surface area contributed by atoms with Crippen LogP contribution in [0.3, 0.4) is 0 Å². The highest BCUT2D eigenvalue weighted by atomic mass is 32.1. The van der Waals surface area contributed by atoms with Crippen LogP contribution in [-0.2, 0) is 0 Å². The first-order valence-corrected chi connectivity index (χ1v) is 7.39. The van der Waals surface area contributed by atoms with Crippen molar-refractivity contribution in [2.45, 2.75) is 27.7 Å². The molecule has 0 aliphatic rings. The highest BCUT2D eigenvalue weighted by Crippen LogP contribution is 2.22. The first-order valence-electron chi connectivity index (χ1n) is 6.58. The van der Waals surface area contributed by atoms with Crippen molar-refractivity contribution >= 4 is 17.2 Å². The Morgan fingerprint density at radius 2 is 2.21 bits per heavy atom. The summed E-state index contributed by atoms with van der Waals surface area (Å²) >= 11 is 1.46. The van der Waals surface area contributed by atoms with E-state index in [4.69, 9.17) is 5.73 Å². The summed E-state index contributed by atoms with van der Waals surface area (Å²) in [5.41, 5.74) is 6.42. The van der Waals surface area contributed by atoms with Gasteiger partial charge >= 0.3 is 0 Å². The van der Waals surface area contributed by atoms with E-state index in [0.29, 0.717) is 12.5 Å². The highest BCUT2D eigenvalue weighted by Gasteiger charge is 2.18. The fraction of sp³-hybridized carbons (Fsp3) is 0.533. The molecule has 1 heterocycles. The van der Waals surface area contributed by atoms with Crippen molar-refractivity contribution < 1.29 is 4.79 Å². The van der Waals surface area contributed by atoms with E-state index < -0.39 is 0 Å². The van der Waals surface area contributed by atoms with Gasteiger partial charge in [0.1, 0.15) is 0 Å². The van der Waals surface area contributed by atoms with Crippen molar-refractivity contribution in [2.24, 2.45) is 11.7 Å². The Kier molecular flexibility index (Phi) is 6.07. The third-order valence-electron chi connectivity index (χ3n) is 2.69. The van der Waals surface area contributed by atoms with E-state index >= 15 is 0 Å². The number of carbonyl (C=O) groups excluding carboxylic acids is 1. The average molecular weight is 278 g/mol. The third-order valence-corrected chi connectivity index (χ3v) is 3.83. The molecule has 0 aliphatic carbocycles. The van der Waals surface area contributed by atoms with E-state index in [1.54, 1.807) is 0 Å². The molecule has 0 spiro atoms. The van der Waals surface area contributed by atoms with Crippen LogP contribution in [0.5, 0.6) is 0 Å². The highest BCUT2D eigenvalue weighted by molar-refractivity contribution is 7.14. The fourth-order valence-electron chi connectivity index (χ4n) is 1.80. The average Bonchev–Trinajstić information content (AvgIpc) is 2.73. The van der Waals surface area contributed by atoms with Gasteiger partial charge in [0.15, 0.2) is 0 Å². The molecule has 3 nitrogen and oxygen atoms in total. The van der Waals surface area contributed by atoms with Crippen molar-refractivity contribution in [3.8, 4) is 11.8 Å². The summed E-state index contributed by atoms with van der Waals surface area (Å²) in [4.78, 5) is 16.0. The van der Waals surface area contributed by atoms with Gasteiger partial charge in [-0.2, -0.15) is 0 Å². The number of hydrogen-bond acceptors (Lipinski definition) is 3. The van der Waals surface area contributed by atoms with Gasteiger partial charge in [0.25, 0.3) is 5.91 Å². The van der Waals surface area contributed by atoms with Gasteiger partial charge in [-0.1, -0.05) is 25.7 Å². The predicted molar refractivity (Wildman–Crippen MR) is 81.4 cm³/mol. The minimum Gasteiger partial charge on any atom is -0.338 e. The summed E-state index contributed by atoms with van der Waals surface area (Å²) < 4.78 is 0. The number of aryl methyl sites for hydroxylation is 1. The largest absolute Gasteiger partial charge is 0.338 e. The summed E-state index contributed by atoms with van der Waals surface area (Å²) in [6.07, 6.45) is 0. The Hall–Kier alpha value is -1.31. The number of nitrogens with zero attached hydrogens (tertiary/aromatic N) is 1. The maximum atomic E-state index is 12.4. The summed E-state index contributed by atoms with van der Waals surface area (Å²) in [7, 11) is 0. The lowest BCUT2D eigenvalue weighted by Gasteiger charge is -2.22. The normalized spacial score (nSPS) is 10.2. The number of carbonyl (C=O) groups is 1. The fourth-order valence-corrected chi connectivity index (χ4v) is 2.81. The molecule has 0 aromatic carbocycles. The van der Waals surface area contributed by atoms with E-state index in [0.717, 1.165) is 28.4 Å². The van der Waals surface area contributed by atoms with Crippen molar-refractivity contribution in [3.05, 3.63) is 21.4 Å². The molecule has 1 aromatic heterocycles. The SMILES string of the molecule is CCN(CC(C)C)C(=O)c1cc(C)c(C#CCN)s1. The Balaban J connectivity index is 2.93. The van der Waals surface area contributed by atoms with Crippen molar-refractivity contribution in [1.29, 1.82) is 0 Å². The van der Waals surface area contributed by atoms with E-state index in [2.05, 4.69) is 25.7 Å². The second-order valence-electron chi connectivity index (χ2n) is 4.87. The molecule has 19 heavy (non-hydrogen) atoms. The molecule has 0 bridgehead atoms. The molecule has 4 heteroatoms. The van der Waals surface area contributed by atoms with E-state index in [1.165, 1.54) is 11.3 Å². The maximum absolute atomic E-state index is 12.4. The first-order chi connectivity index (χ1) is 8.99. The van der Waals surface area contributed by atoms with Gasteiger partial charge in [-0.05, 0) is 31.4 Å². The number of rotatable bonds is 4. The van der Waals surface area contributed by atoms with Crippen LogP contribution in [0.2, 0.25) is 0 Å². The molecule has 0 atom stereocenters. The number of hydrogen-bond donors (Lipinski definition) is 1. The molecule has 104 valence electrons. The minimum atomic E-state index is 0.102. The molecular weight excluding hydrogens is 256 g/mol. The predicted octanol–water partition coefficient (Wildman–Crippen LogP) is 2.48. The van der Waals surface area contributed by atoms with Gasteiger partial charge in [0.05, 0.1) is 16.3 Å². The lowest BCUT2D eigenvalue weighted by molar-refractivity contribution is 0.0750. The van der Waals surface area contributed by atoms with Crippen LogP contribution in [0.4, 0.5) is 0 Å². The zero-order chi connectivity index (χ0) is 14.4. The van der Waals surface area contributed by atoms with E-state index in [9.17, 15) is 4.79 Å². The first kappa shape index (κ1) is 15.7. The van der Waals surface area contributed by atoms with Crippen LogP contribution in [0.1, 0.15) is 40.9 Å². The molecular formula is C15H22N2OS. The Morgan fingerprint density at radius 3 is 2.74 bits per heavy atom. The van der Waals surface area contributed by atoms with Gasteiger partial charge in [-0.25, -0.2) is 0 Å². The monoisotopic (exact) mass is 278 g/mol. The van der Waals surface area contributed by atoms with Crippen LogP contribution in [0.25, 0.3) is 0 Å². The standard InChI is InChI=1S/C15H22N2OS/c1-5-17(10-11(2)3)15(18)14-9-12(4)13(19-14)7-6-8-16/h9,11H,5,8,10,16H2,1-4H3. The van der Waals surface area contributed by atoms with Gasteiger partial charge in [0.2, 0.25) is 0 Å². The second kappa shape index (κ2) is 7.32. The second-order valence-corrected chi connectivity index (χ2v) is 5.92. The summed E-state index contributed by atoms with van der Waals surface area (Å²) in [5.74, 6) is 6.43. The lowest BCUT2D eigenvalue weighted by atomic mass is 10.2. The van der Waals surface area contributed by atoms with Crippen molar-refractivity contribution in [2.75, 3.05) is 19.6 Å². The Bertz CT molecular complexity index is 494. The Morgan fingerprint density at radius 1 is 1.53 bits per heavy atom. The zero-order valence-corrected chi connectivity index (χ0v) is 12.9. The molecule has 0 radical (unpaired) electrons. The molecule has 0 unspecified atom stereocenters. The number of thiophene rings is 1. The molecule has 0 fully saturated rings. The topological polar surface area (TPSA) is 46.3 Å². The minimum absolute atomic E-state index is 0.102. The van der Waals surface area contributed by atoms with Crippen LogP contribution in [0, 0.1) is 24.7 Å². The van der Waals surface area contributed by atoms with Gasteiger partial charge in [0, 0.05) is 13.1 Å². The molecule has 0 aliphatic heterocycles. The molecule has 1 aromatic rings. The summed E-state index contributed by atoms with van der Waals surface area (Å²) in [6, 6.07) is 1.93. The van der Waals surface area contributed by atoms with Gasteiger partial charge < -0.3 is 10.6 Å². The van der Waals surface area contributed by atoms with E-state index in [-0.39, 0.29) is 5.91 Å². The van der Waals surface area contributed by atoms with Gasteiger partial charge in [-0.3, -0.25) is 4.79 Å². The maximum Gasteiger partial charge on any atom is 0.263 e. The lowest BCUT2D eigenvalue weighted by Crippen LogP contribution is -2.33. The molecule has 0 saturated carbocycles. The third kappa shape index (κ3) is 4.38.